The number of nitrogens with zero attached hydrogens (tertiary/aromatic N) is 3. The molecule has 1 N–H and O–H groups in total. The second kappa shape index (κ2) is 9.63. The van der Waals surface area contributed by atoms with Crippen molar-refractivity contribution >= 4 is 27.2 Å². The molecule has 1 aliphatic heterocycles. The van der Waals surface area contributed by atoms with E-state index in [1.54, 1.807) is 36.5 Å². The summed E-state index contributed by atoms with van der Waals surface area (Å²) < 4.78 is 29.5. The van der Waals surface area contributed by atoms with Gasteiger partial charge in [0.1, 0.15) is 11.9 Å². The van der Waals surface area contributed by atoms with Gasteiger partial charge < -0.3 is 15.0 Å². The van der Waals surface area contributed by atoms with E-state index in [-0.39, 0.29) is 10.5 Å². The van der Waals surface area contributed by atoms with Gasteiger partial charge in [-0.1, -0.05) is 18.2 Å². The first-order chi connectivity index (χ1) is 16.3. The molecule has 0 saturated carbocycles. The van der Waals surface area contributed by atoms with Crippen molar-refractivity contribution in [3.8, 4) is 17.2 Å². The third kappa shape index (κ3) is 4.93. The summed E-state index contributed by atoms with van der Waals surface area (Å²) in [5.74, 6) is 0.114. The maximum atomic E-state index is 12.9. The lowest BCUT2D eigenvalue weighted by atomic mass is 9.99. The minimum absolute atomic E-state index is 0.0265. The van der Waals surface area contributed by atoms with Crippen molar-refractivity contribution < 1.29 is 17.9 Å². The van der Waals surface area contributed by atoms with Crippen molar-refractivity contribution in [2.75, 3.05) is 42.8 Å². The van der Waals surface area contributed by atoms with Gasteiger partial charge >= 0.3 is 0 Å². The Morgan fingerprint density at radius 2 is 1.88 bits per heavy atom. The first kappa shape index (κ1) is 23.4. The van der Waals surface area contributed by atoms with E-state index in [0.29, 0.717) is 43.4 Å². The van der Waals surface area contributed by atoms with E-state index in [1.807, 2.05) is 17.9 Å². The van der Waals surface area contributed by atoms with E-state index in [0.717, 1.165) is 22.9 Å². The van der Waals surface area contributed by atoms with Crippen molar-refractivity contribution in [3.63, 3.8) is 0 Å². The summed E-state index contributed by atoms with van der Waals surface area (Å²) >= 11 is 0. The minimum Gasteiger partial charge on any atom is -0.378 e. The molecular formula is C25H24N4O4S. The van der Waals surface area contributed by atoms with Gasteiger partial charge in [-0.2, -0.15) is 5.26 Å². The zero-order chi connectivity index (χ0) is 24.3. The number of hydrogen-bond acceptors (Lipinski definition) is 7. The minimum atomic E-state index is -3.56. The third-order valence-corrected chi connectivity index (χ3v) is 6.79. The number of sulfone groups is 1. The number of carbonyl (C=O) groups is 1. The monoisotopic (exact) mass is 476 g/mol. The number of benzene rings is 2. The van der Waals surface area contributed by atoms with Crippen LogP contribution in [0.3, 0.4) is 0 Å². The lowest BCUT2D eigenvalue weighted by molar-refractivity contribution is 0.102. The maximum absolute atomic E-state index is 12.9. The summed E-state index contributed by atoms with van der Waals surface area (Å²) in [5, 5.41) is 12.5. The summed E-state index contributed by atoms with van der Waals surface area (Å²) in [6, 6.07) is 15.5. The highest BCUT2D eigenvalue weighted by molar-refractivity contribution is 7.90. The average molecular weight is 477 g/mol. The number of ether oxygens (including phenoxy) is 1. The number of nitrogens with one attached hydrogen (secondary N) is 1. The largest absolute Gasteiger partial charge is 0.378 e. The SMILES string of the molecule is Cc1ccc(NC(=O)c2ccccc2S(C)(=O)=O)cc1-c1cnc(N2CCOCC2)c(C#N)c1. The summed E-state index contributed by atoms with van der Waals surface area (Å²) in [7, 11) is -3.56. The molecule has 0 unspecified atom stereocenters. The number of morpholine rings is 1. The predicted molar refractivity (Wildman–Crippen MR) is 130 cm³/mol. The molecule has 2 aromatic carbocycles. The van der Waals surface area contributed by atoms with Gasteiger partial charge in [-0.15, -0.1) is 0 Å². The smallest absolute Gasteiger partial charge is 0.256 e. The van der Waals surface area contributed by atoms with Crippen molar-refractivity contribution in [3.05, 3.63) is 71.4 Å². The molecule has 1 fully saturated rings. The number of aryl methyl sites for hydroxylation is 1. The molecule has 1 amide bonds. The standard InChI is InChI=1S/C25H24N4O4S/c1-17-7-8-20(28-25(30)21-5-3-4-6-23(21)34(2,31)32)14-22(17)19-13-18(15-26)24(27-16-19)29-9-11-33-12-10-29/h3-8,13-14,16H,9-12H2,1-2H3,(H,28,30). The fourth-order valence-electron chi connectivity index (χ4n) is 3.90. The average Bonchev–Trinajstić information content (AvgIpc) is 2.84. The Hall–Kier alpha value is -3.74. The van der Waals surface area contributed by atoms with Gasteiger partial charge in [0.2, 0.25) is 0 Å². The van der Waals surface area contributed by atoms with E-state index >= 15 is 0 Å². The molecule has 8 nitrogen and oxygen atoms in total. The fourth-order valence-corrected chi connectivity index (χ4v) is 4.79. The van der Waals surface area contributed by atoms with Crippen LogP contribution in [0.2, 0.25) is 0 Å². The van der Waals surface area contributed by atoms with Crippen LogP contribution in [-0.4, -0.2) is 51.9 Å². The van der Waals surface area contributed by atoms with Crippen molar-refractivity contribution in [1.82, 2.24) is 4.98 Å². The molecule has 34 heavy (non-hydrogen) atoms. The van der Waals surface area contributed by atoms with Gasteiger partial charge in [0.15, 0.2) is 9.84 Å². The van der Waals surface area contributed by atoms with Gasteiger partial charge in [-0.3, -0.25) is 4.79 Å². The Balaban J connectivity index is 1.65. The molecule has 174 valence electrons. The zero-order valence-electron chi connectivity index (χ0n) is 18.9. The van der Waals surface area contributed by atoms with Crippen LogP contribution in [0, 0.1) is 18.3 Å². The highest BCUT2D eigenvalue weighted by atomic mass is 32.2. The molecule has 0 spiro atoms. The summed E-state index contributed by atoms with van der Waals surface area (Å²) in [6.07, 6.45) is 2.79. The van der Waals surface area contributed by atoms with Crippen LogP contribution in [0.4, 0.5) is 11.5 Å². The van der Waals surface area contributed by atoms with Gasteiger partial charge in [-0.25, -0.2) is 13.4 Å². The molecule has 3 aromatic rings. The molecule has 1 aliphatic rings. The molecule has 0 bridgehead atoms. The molecule has 0 radical (unpaired) electrons. The van der Waals surface area contributed by atoms with Gasteiger partial charge in [0, 0.05) is 36.8 Å². The Morgan fingerprint density at radius 1 is 1.15 bits per heavy atom. The summed E-state index contributed by atoms with van der Waals surface area (Å²) in [4.78, 5) is 19.5. The number of nitriles is 1. The summed E-state index contributed by atoms with van der Waals surface area (Å²) in [5.41, 5.74) is 3.56. The lowest BCUT2D eigenvalue weighted by Gasteiger charge is -2.28. The highest BCUT2D eigenvalue weighted by Crippen LogP contribution is 2.30. The number of pyridine rings is 1. The number of anilines is 2. The van der Waals surface area contributed by atoms with Crippen LogP contribution in [-0.2, 0) is 14.6 Å². The van der Waals surface area contributed by atoms with Crippen molar-refractivity contribution in [2.45, 2.75) is 11.8 Å². The summed E-state index contributed by atoms with van der Waals surface area (Å²) in [6.45, 7) is 4.48. The molecule has 1 aromatic heterocycles. The predicted octanol–water partition coefficient (Wildman–Crippen LogP) is 3.42. The first-order valence-corrected chi connectivity index (χ1v) is 12.6. The van der Waals surface area contributed by atoms with E-state index in [2.05, 4.69) is 16.4 Å². The second-order valence-corrected chi connectivity index (χ2v) is 10.0. The normalized spacial score (nSPS) is 13.9. The van der Waals surface area contributed by atoms with Crippen LogP contribution < -0.4 is 10.2 Å². The van der Waals surface area contributed by atoms with E-state index in [9.17, 15) is 18.5 Å². The Kier molecular flexibility index (Phi) is 6.63. The van der Waals surface area contributed by atoms with Crippen LogP contribution in [0.5, 0.6) is 0 Å². The zero-order valence-corrected chi connectivity index (χ0v) is 19.7. The fraction of sp³-hybridized carbons (Fsp3) is 0.240. The van der Waals surface area contributed by atoms with Crippen molar-refractivity contribution in [1.29, 1.82) is 5.26 Å². The number of carbonyl (C=O) groups excluding carboxylic acids is 1. The molecule has 2 heterocycles. The number of hydrogen-bond donors (Lipinski definition) is 1. The molecule has 9 heteroatoms. The number of rotatable bonds is 5. The lowest BCUT2D eigenvalue weighted by Crippen LogP contribution is -2.37. The van der Waals surface area contributed by atoms with Crippen LogP contribution in [0.1, 0.15) is 21.5 Å². The quantitative estimate of drug-likeness (QED) is 0.600. The number of aromatic nitrogens is 1. The molecule has 4 rings (SSSR count). The Labute approximate surface area is 198 Å². The molecule has 0 aliphatic carbocycles. The van der Waals surface area contributed by atoms with Gasteiger partial charge in [0.05, 0.1) is 29.2 Å². The van der Waals surface area contributed by atoms with Crippen molar-refractivity contribution in [2.24, 2.45) is 0 Å². The first-order valence-electron chi connectivity index (χ1n) is 10.7. The highest BCUT2D eigenvalue weighted by Gasteiger charge is 2.20. The van der Waals surface area contributed by atoms with E-state index in [4.69, 9.17) is 4.74 Å². The van der Waals surface area contributed by atoms with E-state index in [1.165, 1.54) is 12.1 Å². The molecular weight excluding hydrogens is 452 g/mol. The Morgan fingerprint density at radius 3 is 2.59 bits per heavy atom. The van der Waals surface area contributed by atoms with E-state index < -0.39 is 15.7 Å². The van der Waals surface area contributed by atoms with Gasteiger partial charge in [0.25, 0.3) is 5.91 Å². The maximum Gasteiger partial charge on any atom is 0.256 e. The molecule has 0 atom stereocenters. The van der Waals surface area contributed by atoms with Crippen LogP contribution in [0.25, 0.3) is 11.1 Å². The molecule has 1 saturated heterocycles. The van der Waals surface area contributed by atoms with Crippen LogP contribution in [0.15, 0.2) is 59.6 Å². The number of amides is 1. The van der Waals surface area contributed by atoms with Crippen LogP contribution >= 0.6 is 0 Å². The third-order valence-electron chi connectivity index (χ3n) is 5.64. The Bertz CT molecular complexity index is 1390. The van der Waals surface area contributed by atoms with Gasteiger partial charge in [-0.05, 0) is 48.4 Å². The topological polar surface area (TPSA) is 112 Å². The second-order valence-electron chi connectivity index (χ2n) is 8.06.